The van der Waals surface area contributed by atoms with Crippen LogP contribution in [-0.2, 0) is 32.7 Å². The molecule has 2 heterocycles. The second-order valence-electron chi connectivity index (χ2n) is 10.3. The fourth-order valence-corrected chi connectivity index (χ4v) is 3.81. The van der Waals surface area contributed by atoms with Gasteiger partial charge in [0.15, 0.2) is 0 Å². The van der Waals surface area contributed by atoms with Gasteiger partial charge in [-0.15, -0.1) is 65.7 Å². The first-order valence-corrected chi connectivity index (χ1v) is 12.7. The normalized spacial score (nSPS) is 16.9. The van der Waals surface area contributed by atoms with Gasteiger partial charge in [-0.1, -0.05) is 57.1 Å². The van der Waals surface area contributed by atoms with E-state index in [0.29, 0.717) is 16.8 Å². The van der Waals surface area contributed by atoms with Crippen LogP contribution >= 0.6 is 0 Å². The molecule has 225 valence electrons. The number of aromatic nitrogens is 2. The zero-order chi connectivity index (χ0) is 41.5. The van der Waals surface area contributed by atoms with Crippen molar-refractivity contribution < 1.29 is 51.1 Å². The van der Waals surface area contributed by atoms with Gasteiger partial charge in [0.25, 0.3) is 0 Å². The number of hydrogen-bond acceptors (Lipinski definition) is 2. The molecule has 3 aromatic carbocycles. The molecule has 0 unspecified atom stereocenters. The third-order valence-corrected chi connectivity index (χ3v) is 5.69. The molecule has 6 heteroatoms. The van der Waals surface area contributed by atoms with Crippen LogP contribution in [0, 0.1) is 38.1 Å². The Kier molecular flexibility index (Phi) is 6.50. The minimum atomic E-state index is -4.41. The van der Waals surface area contributed by atoms with E-state index in [1.807, 2.05) is 0 Å². The molecule has 5 rings (SSSR count). The first-order valence-electron chi connectivity index (χ1n) is 19.2. The van der Waals surface area contributed by atoms with E-state index in [4.69, 9.17) is 17.8 Å². The maximum Gasteiger partial charge on any atom is 0.381 e. The van der Waals surface area contributed by atoms with Gasteiger partial charge in [-0.25, -0.2) is 0 Å². The van der Waals surface area contributed by atoms with E-state index in [0.717, 1.165) is 18.3 Å². The fraction of sp³-hybridized carbons (Fsp3) is 0.243. The van der Waals surface area contributed by atoms with Crippen LogP contribution in [-0.4, -0.2) is 9.97 Å². The van der Waals surface area contributed by atoms with Gasteiger partial charge in [-0.05, 0) is 82.7 Å². The topological polar surface area (TPSA) is 25.8 Å². The summed E-state index contributed by atoms with van der Waals surface area (Å²) >= 11 is 0. The Balaban J connectivity index is 0.000000340. The van der Waals surface area contributed by atoms with Crippen molar-refractivity contribution in [2.75, 3.05) is 0 Å². The van der Waals surface area contributed by atoms with Gasteiger partial charge >= 0.3 is 6.18 Å². The second kappa shape index (κ2) is 14.2. The molecule has 2 nitrogen and oxygen atoms in total. The van der Waals surface area contributed by atoms with E-state index in [-0.39, 0.29) is 71.3 Å². The van der Waals surface area contributed by atoms with Gasteiger partial charge in [-0.3, -0.25) is 0 Å². The van der Waals surface area contributed by atoms with Crippen LogP contribution < -0.4 is 0 Å². The molecule has 0 bridgehead atoms. The van der Waals surface area contributed by atoms with Crippen molar-refractivity contribution in [2.45, 2.75) is 53.9 Å². The van der Waals surface area contributed by atoms with Gasteiger partial charge in [0.2, 0.25) is 0 Å². The summed E-state index contributed by atoms with van der Waals surface area (Å²) < 4.78 is 142. The summed E-state index contributed by atoms with van der Waals surface area (Å²) in [5.41, 5.74) is -1.59. The van der Waals surface area contributed by atoms with Crippen LogP contribution in [0.5, 0.6) is 0 Å². The molecule has 5 aromatic rings. The zero-order valence-electron chi connectivity index (χ0n) is 36.4. The number of rotatable bonds is 4. The Morgan fingerprint density at radius 1 is 0.837 bits per heavy atom. The van der Waals surface area contributed by atoms with Crippen LogP contribution in [0.3, 0.4) is 0 Å². The second-order valence-corrected chi connectivity index (χ2v) is 10.3. The number of halogens is 3. The van der Waals surface area contributed by atoms with E-state index in [9.17, 15) is 13.2 Å². The average Bonchev–Trinajstić information content (AvgIpc) is 3.06. The Labute approximate surface area is 285 Å². The molecule has 0 aliphatic rings. The summed E-state index contributed by atoms with van der Waals surface area (Å²) in [6, 6.07) is 19.6. The standard InChI is InChI=1S/C24H26N.C13H9F3N.Ir/c1-17-13-19(15-24(3,4)5)11-12-21(17)22-14-23(25-16-18(22)2)20-9-7-6-8-10-20;1-9-2-7-12(17-8-9)10-3-5-11(6-4-10)13(14,15)16;/h6-9,11-14,16H,15H2,1-5H3;2-3,5-8H,1H3;/q2*-1;/i1D3,2D3,12D,14D,15D2;1D3;. The number of alkyl halides is 3. The molecule has 2 aromatic heterocycles. The summed E-state index contributed by atoms with van der Waals surface area (Å²) in [5.74, 6) is 0. The van der Waals surface area contributed by atoms with Crippen LogP contribution in [0.1, 0.15) is 66.4 Å². The number of benzene rings is 3. The number of aryl methyl sites for hydroxylation is 3. The van der Waals surface area contributed by atoms with Crippen LogP contribution in [0.4, 0.5) is 13.2 Å². The number of hydrogen-bond donors (Lipinski definition) is 0. The molecule has 0 spiro atoms. The van der Waals surface area contributed by atoms with Gasteiger partial charge in [-0.2, -0.15) is 13.2 Å². The molecule has 0 amide bonds. The third-order valence-electron chi connectivity index (χ3n) is 5.69. The van der Waals surface area contributed by atoms with E-state index in [1.165, 1.54) is 36.5 Å². The van der Waals surface area contributed by atoms with Crippen molar-refractivity contribution in [3.05, 3.63) is 131 Å². The van der Waals surface area contributed by atoms with Crippen LogP contribution in [0.15, 0.2) is 91.2 Å². The molecule has 0 N–H and O–H groups in total. The van der Waals surface area contributed by atoms with Gasteiger partial charge in [0.05, 0.1) is 2.74 Å². The molecule has 1 radical (unpaired) electrons. The zero-order valence-corrected chi connectivity index (χ0v) is 25.8. The Hall–Kier alpha value is -3.60. The Morgan fingerprint density at radius 2 is 1.60 bits per heavy atom. The summed E-state index contributed by atoms with van der Waals surface area (Å²) in [6.07, 6.45) is -4.12. The number of pyridine rings is 2. The maximum absolute atomic E-state index is 12.4. The average molecular weight is 770 g/mol. The molecule has 43 heavy (non-hydrogen) atoms. The summed E-state index contributed by atoms with van der Waals surface area (Å²) in [5, 5.41) is 0. The van der Waals surface area contributed by atoms with E-state index < -0.39 is 44.1 Å². The van der Waals surface area contributed by atoms with Crippen LogP contribution in [0.2, 0.25) is 0 Å². The Bertz CT molecular complexity index is 2070. The molecule has 0 atom stereocenters. The SMILES string of the molecule is [2H]C([2H])([2H])c1ccc(-c2[c-]cc(C(F)(F)F)cc2)nc1.[2H]c1cc(C([2H])([2H])C(C)(C)C)cc(C([2H])([2H])[2H])c1-c1c(C([2H])([2H])[2H])cnc(-c2[c-]cccc2)c1[2H].[Ir]. The van der Waals surface area contributed by atoms with Crippen molar-refractivity contribution in [1.82, 2.24) is 9.97 Å². The Morgan fingerprint density at radius 3 is 2.19 bits per heavy atom. The van der Waals surface area contributed by atoms with Gasteiger partial charge in [0.1, 0.15) is 0 Å². The smallest absolute Gasteiger partial charge is 0.304 e. The largest absolute Gasteiger partial charge is 0.381 e. The fourth-order valence-electron chi connectivity index (χ4n) is 3.81. The molecule has 0 fully saturated rings. The first kappa shape index (κ1) is 19.6. The molecule has 0 saturated heterocycles. The predicted octanol–water partition coefficient (Wildman–Crippen LogP) is 10.3. The van der Waals surface area contributed by atoms with Gasteiger partial charge in [0, 0.05) is 47.6 Å². The maximum atomic E-state index is 12.4. The monoisotopic (exact) mass is 770 g/mol. The van der Waals surface area contributed by atoms with E-state index in [2.05, 4.69) is 22.1 Å². The molecule has 0 aliphatic carbocycles. The number of nitrogens with zero attached hydrogens (tertiary/aromatic N) is 2. The molecular weight excluding hydrogens is 722 g/mol. The van der Waals surface area contributed by atoms with E-state index in [1.54, 1.807) is 45.0 Å². The van der Waals surface area contributed by atoms with Crippen molar-refractivity contribution >= 4 is 0 Å². The quantitative estimate of drug-likeness (QED) is 0.170. The summed E-state index contributed by atoms with van der Waals surface area (Å²) in [6.45, 7) is -2.81. The van der Waals surface area contributed by atoms with Crippen molar-refractivity contribution in [3.8, 4) is 33.6 Å². The van der Waals surface area contributed by atoms with Crippen LogP contribution in [0.25, 0.3) is 33.6 Å². The molecule has 0 saturated carbocycles. The minimum absolute atomic E-state index is 0. The van der Waals surface area contributed by atoms with Crippen molar-refractivity contribution in [3.63, 3.8) is 0 Å². The molecular formula is C37H35F3IrN2-2. The first-order chi connectivity index (χ1) is 25.0. The predicted molar refractivity (Wildman–Crippen MR) is 165 cm³/mol. The van der Waals surface area contributed by atoms with E-state index >= 15 is 0 Å². The van der Waals surface area contributed by atoms with Gasteiger partial charge < -0.3 is 9.97 Å². The molecule has 0 aliphatic heterocycles. The van der Waals surface area contributed by atoms with Crippen molar-refractivity contribution in [1.29, 1.82) is 0 Å². The summed E-state index contributed by atoms with van der Waals surface area (Å²) in [7, 11) is 0. The van der Waals surface area contributed by atoms with Crippen molar-refractivity contribution in [2.24, 2.45) is 5.41 Å². The minimum Gasteiger partial charge on any atom is -0.304 e. The third kappa shape index (κ3) is 9.44. The summed E-state index contributed by atoms with van der Waals surface area (Å²) in [4.78, 5) is 8.11.